The molecule has 0 aliphatic heterocycles. The summed E-state index contributed by atoms with van der Waals surface area (Å²) in [7, 11) is 1.59. The molecule has 6 nitrogen and oxygen atoms in total. The van der Waals surface area contributed by atoms with Crippen molar-refractivity contribution in [2.24, 2.45) is 0 Å². The number of hydrogen-bond donors (Lipinski definition) is 2. The number of rotatable bonds is 9. The quantitative estimate of drug-likeness (QED) is 0.684. The number of carbonyl (C=O) groups is 2. The molecule has 0 aliphatic carbocycles. The molecule has 1 aromatic carbocycles. The Morgan fingerprint density at radius 1 is 1.14 bits per heavy atom. The Kier molecular flexibility index (Phi) is 7.71. The van der Waals surface area contributed by atoms with Crippen LogP contribution in [0.25, 0.3) is 0 Å². The standard InChI is InChI=1S/C15H21NO5/c1-20-13-8-6-12(7-9-13)11-21-15(19)16-10-4-2-3-5-14(17)18/h6-9H,2-5,10-11H2,1H3,(H,16,19)(H,17,18). The maximum atomic E-state index is 11.4. The Hall–Kier alpha value is -2.24. The second kappa shape index (κ2) is 9.63. The summed E-state index contributed by atoms with van der Waals surface area (Å²) in [4.78, 5) is 21.7. The Balaban J connectivity index is 2.09. The molecule has 1 amide bonds. The van der Waals surface area contributed by atoms with Crippen molar-refractivity contribution in [1.82, 2.24) is 5.32 Å². The number of hydrogen-bond acceptors (Lipinski definition) is 4. The van der Waals surface area contributed by atoms with Crippen molar-refractivity contribution >= 4 is 12.1 Å². The lowest BCUT2D eigenvalue weighted by molar-refractivity contribution is -0.137. The normalized spacial score (nSPS) is 9.95. The van der Waals surface area contributed by atoms with Crippen LogP contribution < -0.4 is 10.1 Å². The first-order valence-corrected chi connectivity index (χ1v) is 6.87. The molecule has 1 aromatic rings. The van der Waals surface area contributed by atoms with Gasteiger partial charge in [-0.15, -0.1) is 0 Å². The van der Waals surface area contributed by atoms with E-state index < -0.39 is 12.1 Å². The molecule has 0 heterocycles. The smallest absolute Gasteiger partial charge is 0.407 e. The van der Waals surface area contributed by atoms with E-state index in [9.17, 15) is 9.59 Å². The van der Waals surface area contributed by atoms with Gasteiger partial charge in [-0.05, 0) is 30.5 Å². The Morgan fingerprint density at radius 2 is 1.86 bits per heavy atom. The predicted octanol–water partition coefficient (Wildman–Crippen LogP) is 2.57. The fourth-order valence-electron chi connectivity index (χ4n) is 1.69. The van der Waals surface area contributed by atoms with Gasteiger partial charge in [-0.25, -0.2) is 4.79 Å². The molecule has 0 saturated heterocycles. The number of nitrogens with one attached hydrogen (secondary N) is 1. The van der Waals surface area contributed by atoms with Gasteiger partial charge in [0.05, 0.1) is 7.11 Å². The molecule has 0 aromatic heterocycles. The highest BCUT2D eigenvalue weighted by molar-refractivity contribution is 5.67. The zero-order valence-corrected chi connectivity index (χ0v) is 12.1. The van der Waals surface area contributed by atoms with E-state index in [0.717, 1.165) is 24.2 Å². The van der Waals surface area contributed by atoms with E-state index in [2.05, 4.69) is 5.32 Å². The number of carboxylic acid groups (broad SMARTS) is 1. The predicted molar refractivity (Wildman–Crippen MR) is 77.3 cm³/mol. The van der Waals surface area contributed by atoms with E-state index in [4.69, 9.17) is 14.6 Å². The molecular formula is C15H21NO5. The molecule has 0 fully saturated rings. The van der Waals surface area contributed by atoms with Gasteiger partial charge in [-0.1, -0.05) is 18.6 Å². The maximum Gasteiger partial charge on any atom is 0.407 e. The largest absolute Gasteiger partial charge is 0.497 e. The van der Waals surface area contributed by atoms with Gasteiger partial charge in [-0.2, -0.15) is 0 Å². The molecule has 6 heteroatoms. The van der Waals surface area contributed by atoms with Crippen molar-refractivity contribution in [3.63, 3.8) is 0 Å². The summed E-state index contributed by atoms with van der Waals surface area (Å²) >= 11 is 0. The lowest BCUT2D eigenvalue weighted by Gasteiger charge is -2.07. The van der Waals surface area contributed by atoms with Crippen LogP contribution in [0.15, 0.2) is 24.3 Å². The third-order valence-corrected chi connectivity index (χ3v) is 2.87. The van der Waals surface area contributed by atoms with E-state index in [1.54, 1.807) is 19.2 Å². The van der Waals surface area contributed by atoms with E-state index in [1.165, 1.54) is 0 Å². The molecule has 1 rings (SSSR count). The van der Waals surface area contributed by atoms with Gasteiger partial charge in [0, 0.05) is 13.0 Å². The van der Waals surface area contributed by atoms with Gasteiger partial charge >= 0.3 is 12.1 Å². The minimum Gasteiger partial charge on any atom is -0.497 e. The number of amides is 1. The number of methoxy groups -OCH3 is 1. The average Bonchev–Trinajstić information content (AvgIpc) is 2.49. The summed E-state index contributed by atoms with van der Waals surface area (Å²) in [5, 5.41) is 11.1. The summed E-state index contributed by atoms with van der Waals surface area (Å²) in [6, 6.07) is 7.27. The first kappa shape index (κ1) is 16.8. The number of carboxylic acids is 1. The number of benzene rings is 1. The Labute approximate surface area is 124 Å². The summed E-state index contributed by atoms with van der Waals surface area (Å²) in [5.74, 6) is -0.0357. The van der Waals surface area contributed by atoms with Crippen LogP contribution in [0.3, 0.4) is 0 Å². The van der Waals surface area contributed by atoms with E-state index in [-0.39, 0.29) is 13.0 Å². The van der Waals surface area contributed by atoms with E-state index in [0.29, 0.717) is 13.0 Å². The third-order valence-electron chi connectivity index (χ3n) is 2.87. The molecule has 0 unspecified atom stereocenters. The van der Waals surface area contributed by atoms with Crippen LogP contribution >= 0.6 is 0 Å². The summed E-state index contributed by atoms with van der Waals surface area (Å²) < 4.78 is 10.1. The van der Waals surface area contributed by atoms with Crippen molar-refractivity contribution < 1.29 is 24.2 Å². The van der Waals surface area contributed by atoms with Crippen molar-refractivity contribution in [3.8, 4) is 5.75 Å². The molecular weight excluding hydrogens is 274 g/mol. The number of alkyl carbamates (subject to hydrolysis) is 1. The number of unbranched alkanes of at least 4 members (excludes halogenated alkanes) is 2. The molecule has 116 valence electrons. The second-order valence-corrected chi connectivity index (χ2v) is 4.56. The highest BCUT2D eigenvalue weighted by Gasteiger charge is 2.03. The average molecular weight is 295 g/mol. The van der Waals surface area contributed by atoms with Crippen LogP contribution in [0.1, 0.15) is 31.2 Å². The Bertz CT molecular complexity index is 444. The van der Waals surface area contributed by atoms with Gasteiger partial charge in [0.1, 0.15) is 12.4 Å². The van der Waals surface area contributed by atoms with Crippen molar-refractivity contribution in [2.45, 2.75) is 32.3 Å². The van der Waals surface area contributed by atoms with Gasteiger partial charge in [0.2, 0.25) is 0 Å². The fourth-order valence-corrected chi connectivity index (χ4v) is 1.69. The van der Waals surface area contributed by atoms with E-state index >= 15 is 0 Å². The van der Waals surface area contributed by atoms with Crippen LogP contribution in [-0.2, 0) is 16.1 Å². The molecule has 21 heavy (non-hydrogen) atoms. The topological polar surface area (TPSA) is 84.9 Å². The third kappa shape index (κ3) is 7.81. The number of aliphatic carboxylic acids is 1. The SMILES string of the molecule is COc1ccc(COC(=O)NCCCCCC(=O)O)cc1. The van der Waals surface area contributed by atoms with Gasteiger partial charge < -0.3 is 19.9 Å². The first-order chi connectivity index (χ1) is 10.1. The Morgan fingerprint density at radius 3 is 2.48 bits per heavy atom. The van der Waals surface area contributed by atoms with Crippen LogP contribution in [0.4, 0.5) is 4.79 Å². The van der Waals surface area contributed by atoms with Crippen molar-refractivity contribution in [2.75, 3.05) is 13.7 Å². The molecule has 0 radical (unpaired) electrons. The summed E-state index contributed by atoms with van der Waals surface area (Å²) in [5.41, 5.74) is 0.882. The van der Waals surface area contributed by atoms with Gasteiger partial charge in [-0.3, -0.25) is 4.79 Å². The lowest BCUT2D eigenvalue weighted by atomic mass is 10.2. The zero-order chi connectivity index (χ0) is 15.5. The van der Waals surface area contributed by atoms with Crippen LogP contribution in [-0.4, -0.2) is 30.8 Å². The zero-order valence-electron chi connectivity index (χ0n) is 12.1. The highest BCUT2D eigenvalue weighted by Crippen LogP contribution is 2.11. The number of ether oxygens (including phenoxy) is 2. The summed E-state index contributed by atoms with van der Waals surface area (Å²) in [6.45, 7) is 0.690. The number of carbonyl (C=O) groups excluding carboxylic acids is 1. The molecule has 0 aliphatic rings. The van der Waals surface area contributed by atoms with Crippen LogP contribution in [0.2, 0.25) is 0 Å². The van der Waals surface area contributed by atoms with Crippen molar-refractivity contribution in [1.29, 1.82) is 0 Å². The molecule has 0 atom stereocenters. The fraction of sp³-hybridized carbons (Fsp3) is 0.467. The van der Waals surface area contributed by atoms with Gasteiger partial charge in [0.15, 0.2) is 0 Å². The molecule has 2 N–H and O–H groups in total. The molecule has 0 spiro atoms. The van der Waals surface area contributed by atoms with Crippen molar-refractivity contribution in [3.05, 3.63) is 29.8 Å². The summed E-state index contributed by atoms with van der Waals surface area (Å²) in [6.07, 6.45) is 1.83. The van der Waals surface area contributed by atoms with Crippen LogP contribution in [0.5, 0.6) is 5.75 Å². The molecule has 0 bridgehead atoms. The van der Waals surface area contributed by atoms with Crippen LogP contribution in [0, 0.1) is 0 Å². The minimum absolute atomic E-state index is 0.169. The van der Waals surface area contributed by atoms with Gasteiger partial charge in [0.25, 0.3) is 0 Å². The molecule has 0 saturated carbocycles. The highest BCUT2D eigenvalue weighted by atomic mass is 16.5. The first-order valence-electron chi connectivity index (χ1n) is 6.87. The van der Waals surface area contributed by atoms with E-state index in [1.807, 2.05) is 12.1 Å². The lowest BCUT2D eigenvalue weighted by Crippen LogP contribution is -2.25. The minimum atomic E-state index is -0.790. The monoisotopic (exact) mass is 295 g/mol. The maximum absolute atomic E-state index is 11.4. The second-order valence-electron chi connectivity index (χ2n) is 4.56.